The number of aliphatic imine (C=N–C) groups is 1. The molecule has 0 spiro atoms. The summed E-state index contributed by atoms with van der Waals surface area (Å²) in [7, 11) is 1.60. The fraction of sp³-hybridized carbons (Fsp3) is 0.619. The number of nitrogens with two attached hydrogens (primary N) is 1. The number of carbonyl (C=O) groups is 1. The largest absolute Gasteiger partial charge is 0.416 e. The maximum Gasteiger partial charge on any atom is 0.416 e. The van der Waals surface area contributed by atoms with Gasteiger partial charge in [0, 0.05) is 51.9 Å². The topological polar surface area (TPSA) is 83.2 Å². The minimum absolute atomic E-state index is 0. The van der Waals surface area contributed by atoms with Gasteiger partial charge in [0.15, 0.2) is 5.96 Å². The SMILES string of the molecule is CN=C(NCc1ccc(N2CCOCC2)cc1C(F)(F)F)N1CCCC(CC(N)=O)C1.I. The minimum atomic E-state index is -4.46. The molecule has 11 heteroatoms. The number of amides is 1. The molecule has 2 heterocycles. The molecule has 1 unspecified atom stereocenters. The third-order valence-electron chi connectivity index (χ3n) is 5.73. The Balaban J connectivity index is 0.00000363. The third-order valence-corrected chi connectivity index (χ3v) is 5.73. The third kappa shape index (κ3) is 7.12. The molecule has 0 aromatic heterocycles. The van der Waals surface area contributed by atoms with E-state index in [0.717, 1.165) is 19.4 Å². The van der Waals surface area contributed by atoms with E-state index in [4.69, 9.17) is 10.5 Å². The monoisotopic (exact) mass is 569 g/mol. The van der Waals surface area contributed by atoms with Crippen LogP contribution in [0.3, 0.4) is 0 Å². The van der Waals surface area contributed by atoms with Gasteiger partial charge in [-0.15, -0.1) is 24.0 Å². The molecule has 180 valence electrons. The second kappa shape index (κ2) is 11.9. The molecule has 2 fully saturated rings. The van der Waals surface area contributed by atoms with Crippen LogP contribution in [-0.4, -0.2) is 63.2 Å². The van der Waals surface area contributed by atoms with Gasteiger partial charge >= 0.3 is 6.18 Å². The van der Waals surface area contributed by atoms with Crippen molar-refractivity contribution in [1.29, 1.82) is 0 Å². The van der Waals surface area contributed by atoms with Crippen molar-refractivity contribution in [1.82, 2.24) is 10.2 Å². The van der Waals surface area contributed by atoms with Crippen molar-refractivity contribution in [2.24, 2.45) is 16.6 Å². The number of primary amides is 1. The molecule has 3 N–H and O–H groups in total. The zero-order valence-electron chi connectivity index (χ0n) is 18.2. The lowest BCUT2D eigenvalue weighted by atomic mass is 9.95. The first-order valence-electron chi connectivity index (χ1n) is 10.5. The molecule has 2 saturated heterocycles. The summed E-state index contributed by atoms with van der Waals surface area (Å²) in [5.74, 6) is 0.313. The zero-order valence-corrected chi connectivity index (χ0v) is 20.5. The van der Waals surface area contributed by atoms with Crippen molar-refractivity contribution in [3.8, 4) is 0 Å². The van der Waals surface area contributed by atoms with Crippen LogP contribution in [-0.2, 0) is 22.3 Å². The molecule has 2 aliphatic heterocycles. The van der Waals surface area contributed by atoms with Gasteiger partial charge in [0.1, 0.15) is 0 Å². The highest BCUT2D eigenvalue weighted by Gasteiger charge is 2.34. The number of halogens is 4. The molecule has 0 radical (unpaired) electrons. The predicted molar refractivity (Wildman–Crippen MR) is 128 cm³/mol. The predicted octanol–water partition coefficient (Wildman–Crippen LogP) is 2.82. The van der Waals surface area contributed by atoms with Crippen LogP contribution in [0, 0.1) is 5.92 Å². The Kier molecular flexibility index (Phi) is 9.86. The first-order chi connectivity index (χ1) is 14.8. The van der Waals surface area contributed by atoms with Crippen molar-refractivity contribution in [2.75, 3.05) is 51.3 Å². The number of carbonyl (C=O) groups excluding carboxylic acids is 1. The summed E-state index contributed by atoms with van der Waals surface area (Å²) in [5.41, 5.74) is 5.38. The number of piperidine rings is 1. The average Bonchev–Trinajstić information content (AvgIpc) is 2.74. The highest BCUT2D eigenvalue weighted by Crippen LogP contribution is 2.35. The first kappa shape index (κ1) is 26.5. The van der Waals surface area contributed by atoms with Crippen LogP contribution in [0.2, 0.25) is 0 Å². The molecule has 1 aromatic rings. The van der Waals surface area contributed by atoms with Crippen LogP contribution >= 0.6 is 24.0 Å². The van der Waals surface area contributed by atoms with Gasteiger partial charge in [0.05, 0.1) is 18.8 Å². The fourth-order valence-electron chi connectivity index (χ4n) is 4.22. The number of hydrogen-bond donors (Lipinski definition) is 2. The highest BCUT2D eigenvalue weighted by molar-refractivity contribution is 14.0. The maximum absolute atomic E-state index is 13.8. The van der Waals surface area contributed by atoms with Crippen molar-refractivity contribution < 1.29 is 22.7 Å². The molecule has 2 aliphatic rings. The number of nitrogens with zero attached hydrogens (tertiary/aromatic N) is 3. The van der Waals surface area contributed by atoms with Gasteiger partial charge in [-0.05, 0) is 36.5 Å². The molecule has 0 saturated carbocycles. The summed E-state index contributed by atoms with van der Waals surface area (Å²) < 4.78 is 46.6. The van der Waals surface area contributed by atoms with Gasteiger partial charge in [-0.25, -0.2) is 0 Å². The Bertz CT molecular complexity index is 800. The van der Waals surface area contributed by atoms with E-state index in [1.807, 2.05) is 9.80 Å². The molecular weight excluding hydrogens is 538 g/mol. The van der Waals surface area contributed by atoms with Gasteiger partial charge in [-0.2, -0.15) is 13.2 Å². The Morgan fingerprint density at radius 2 is 2.00 bits per heavy atom. The van der Waals surface area contributed by atoms with Crippen molar-refractivity contribution in [2.45, 2.75) is 32.0 Å². The van der Waals surface area contributed by atoms with Gasteiger partial charge in [0.25, 0.3) is 0 Å². The molecule has 1 aromatic carbocycles. The van der Waals surface area contributed by atoms with E-state index in [-0.39, 0.29) is 47.9 Å². The number of morpholine rings is 1. The molecule has 32 heavy (non-hydrogen) atoms. The van der Waals surface area contributed by atoms with E-state index in [0.29, 0.717) is 50.9 Å². The summed E-state index contributed by atoms with van der Waals surface area (Å²) in [5, 5.41) is 3.07. The van der Waals surface area contributed by atoms with Crippen molar-refractivity contribution in [3.63, 3.8) is 0 Å². The van der Waals surface area contributed by atoms with Crippen molar-refractivity contribution in [3.05, 3.63) is 29.3 Å². The summed E-state index contributed by atoms with van der Waals surface area (Å²) in [6.07, 6.45) is -2.38. The molecule has 1 atom stereocenters. The van der Waals surface area contributed by atoms with E-state index < -0.39 is 11.7 Å². The first-order valence-corrected chi connectivity index (χ1v) is 10.5. The number of guanidine groups is 1. The smallest absolute Gasteiger partial charge is 0.378 e. The van der Waals surface area contributed by atoms with E-state index in [1.54, 1.807) is 13.1 Å². The summed E-state index contributed by atoms with van der Waals surface area (Å²) in [6.45, 7) is 3.50. The Labute approximate surface area is 203 Å². The number of nitrogens with one attached hydrogen (secondary N) is 1. The van der Waals surface area contributed by atoms with Gasteiger partial charge in [-0.1, -0.05) is 6.07 Å². The van der Waals surface area contributed by atoms with Crippen LogP contribution in [0.25, 0.3) is 0 Å². The Hall–Kier alpha value is -1.76. The summed E-state index contributed by atoms with van der Waals surface area (Å²) >= 11 is 0. The van der Waals surface area contributed by atoms with Crippen LogP contribution in [0.5, 0.6) is 0 Å². The molecular formula is C21H31F3IN5O2. The van der Waals surface area contributed by atoms with E-state index in [2.05, 4.69) is 10.3 Å². The van der Waals surface area contributed by atoms with E-state index in [1.165, 1.54) is 12.1 Å². The van der Waals surface area contributed by atoms with Crippen molar-refractivity contribution >= 4 is 41.5 Å². The molecule has 0 bridgehead atoms. The number of likely N-dealkylation sites (tertiary alicyclic amines) is 1. The number of rotatable bonds is 5. The number of alkyl halides is 3. The van der Waals surface area contributed by atoms with Gasteiger partial charge in [0.2, 0.25) is 5.91 Å². The Morgan fingerprint density at radius 1 is 1.28 bits per heavy atom. The van der Waals surface area contributed by atoms with Crippen LogP contribution in [0.1, 0.15) is 30.4 Å². The van der Waals surface area contributed by atoms with E-state index in [9.17, 15) is 18.0 Å². The summed E-state index contributed by atoms with van der Waals surface area (Å²) in [6, 6.07) is 4.47. The second-order valence-electron chi connectivity index (χ2n) is 7.96. The van der Waals surface area contributed by atoms with Crippen LogP contribution < -0.4 is 16.0 Å². The van der Waals surface area contributed by atoms with Gasteiger partial charge < -0.3 is 25.6 Å². The minimum Gasteiger partial charge on any atom is -0.378 e. The van der Waals surface area contributed by atoms with Crippen LogP contribution in [0.4, 0.5) is 18.9 Å². The van der Waals surface area contributed by atoms with Gasteiger partial charge in [-0.3, -0.25) is 9.79 Å². The quantitative estimate of drug-likeness (QED) is 0.324. The number of ether oxygens (including phenoxy) is 1. The number of hydrogen-bond acceptors (Lipinski definition) is 4. The van der Waals surface area contributed by atoms with Crippen LogP contribution in [0.15, 0.2) is 23.2 Å². The normalized spacial score (nSPS) is 20.0. The average molecular weight is 569 g/mol. The lowest BCUT2D eigenvalue weighted by molar-refractivity contribution is -0.138. The zero-order chi connectivity index (χ0) is 22.4. The molecule has 0 aliphatic carbocycles. The number of benzene rings is 1. The lowest BCUT2D eigenvalue weighted by Gasteiger charge is -2.34. The van der Waals surface area contributed by atoms with E-state index >= 15 is 0 Å². The molecule has 7 nitrogen and oxygen atoms in total. The standard InChI is InChI=1S/C21H30F3N5O2.HI/c1-26-20(29-6-2-3-15(14-29)11-19(25)30)27-13-16-4-5-17(12-18(16)21(22,23)24)28-7-9-31-10-8-28;/h4-5,12,15H,2-3,6-11,13-14H2,1H3,(H2,25,30)(H,26,27);1H. The lowest BCUT2D eigenvalue weighted by Crippen LogP contribution is -2.47. The fourth-order valence-corrected chi connectivity index (χ4v) is 4.22. The molecule has 3 rings (SSSR count). The Morgan fingerprint density at radius 3 is 2.62 bits per heavy atom. The second-order valence-corrected chi connectivity index (χ2v) is 7.96. The number of anilines is 1. The summed E-state index contributed by atoms with van der Waals surface area (Å²) in [4.78, 5) is 19.4. The molecule has 1 amide bonds. The maximum atomic E-state index is 13.8. The highest BCUT2D eigenvalue weighted by atomic mass is 127.